The van der Waals surface area contributed by atoms with Crippen molar-refractivity contribution in [3.63, 3.8) is 0 Å². The zero-order valence-corrected chi connectivity index (χ0v) is 22.2. The summed E-state index contributed by atoms with van der Waals surface area (Å²) in [6, 6.07) is 7.52. The molecule has 2 aromatic carbocycles. The zero-order chi connectivity index (χ0) is 31.3. The number of aliphatic hydroxyl groups is 1. The van der Waals surface area contributed by atoms with E-state index in [0.29, 0.717) is 20.0 Å². The van der Waals surface area contributed by atoms with Crippen LogP contribution in [0.4, 0.5) is 30.7 Å². The summed E-state index contributed by atoms with van der Waals surface area (Å²) in [6.45, 7) is -1.82. The summed E-state index contributed by atoms with van der Waals surface area (Å²) in [5.74, 6) is -1.54. The Morgan fingerprint density at radius 2 is 1.77 bits per heavy atom. The van der Waals surface area contributed by atoms with Crippen molar-refractivity contribution >= 4 is 17.5 Å². The Balaban J connectivity index is 1.52. The van der Waals surface area contributed by atoms with Gasteiger partial charge in [0, 0.05) is 17.0 Å². The number of rotatable bonds is 8. The van der Waals surface area contributed by atoms with Gasteiger partial charge < -0.3 is 10.4 Å². The van der Waals surface area contributed by atoms with Crippen LogP contribution in [0.15, 0.2) is 53.6 Å². The average molecular weight is 634 g/mol. The number of hydrogen-bond acceptors (Lipinski definition) is 6. The van der Waals surface area contributed by atoms with Crippen molar-refractivity contribution in [3.05, 3.63) is 81.3 Å². The molecule has 0 bridgehead atoms. The monoisotopic (exact) mass is 633 g/mol. The molecule has 18 heteroatoms. The van der Waals surface area contributed by atoms with Crippen molar-refractivity contribution in [1.82, 2.24) is 34.4 Å². The fourth-order valence-corrected chi connectivity index (χ4v) is 4.30. The molecule has 43 heavy (non-hydrogen) atoms. The molecular weight excluding hydrogens is 615 g/mol. The van der Waals surface area contributed by atoms with Gasteiger partial charge in [0.25, 0.3) is 5.91 Å². The third kappa shape index (κ3) is 6.41. The van der Waals surface area contributed by atoms with Crippen molar-refractivity contribution in [3.8, 4) is 17.1 Å². The first-order chi connectivity index (χ1) is 20.1. The van der Waals surface area contributed by atoms with E-state index >= 15 is 0 Å². The molecule has 1 saturated carbocycles. The van der Waals surface area contributed by atoms with Crippen LogP contribution in [0, 0.1) is 0 Å². The molecule has 2 heterocycles. The number of para-hydroxylation sites is 1. The molecule has 228 valence electrons. The normalized spacial score (nSPS) is 17.6. The molecule has 0 radical (unpaired) electrons. The van der Waals surface area contributed by atoms with Gasteiger partial charge in [-0.25, -0.2) is 23.5 Å². The van der Waals surface area contributed by atoms with Crippen molar-refractivity contribution in [2.75, 3.05) is 0 Å². The Morgan fingerprint density at radius 3 is 2.37 bits per heavy atom. The van der Waals surface area contributed by atoms with Gasteiger partial charge in [-0.3, -0.25) is 9.36 Å². The standard InChI is InChI=1S/C25H19ClF7N7O3/c26-13-6-4-12(5-7-13)21-37-39(23(43)38(21)9-18(41)25(31,32)33)10-19-34-11-40(36-19)20-14(22(42)35-17-8-16(17)27)2-1-3-15(20)24(28,29)30/h1-7,11,16-18,41H,8-10H2,(H,35,42)/t16?,17?,18-/m0/s1. The molecule has 5 rings (SSSR count). The number of hydrogen-bond donors (Lipinski definition) is 2. The summed E-state index contributed by atoms with van der Waals surface area (Å²) in [7, 11) is 0. The van der Waals surface area contributed by atoms with Crippen molar-refractivity contribution in [2.45, 2.75) is 50.2 Å². The molecule has 1 aliphatic rings. The number of aromatic nitrogens is 6. The Labute approximate surface area is 241 Å². The van der Waals surface area contributed by atoms with Gasteiger partial charge in [-0.05, 0) is 36.4 Å². The van der Waals surface area contributed by atoms with Crippen molar-refractivity contribution in [1.29, 1.82) is 0 Å². The topological polar surface area (TPSA) is 120 Å². The van der Waals surface area contributed by atoms with E-state index < -0.39 is 72.2 Å². The molecular formula is C25H19ClF7N7O3. The number of carbonyl (C=O) groups is 1. The molecule has 0 spiro atoms. The van der Waals surface area contributed by atoms with E-state index in [1.807, 2.05) is 0 Å². The highest BCUT2D eigenvalue weighted by molar-refractivity contribution is 6.30. The zero-order valence-electron chi connectivity index (χ0n) is 21.4. The molecule has 2 aromatic heterocycles. The molecule has 10 nitrogen and oxygen atoms in total. The smallest absolute Gasteiger partial charge is 0.382 e. The van der Waals surface area contributed by atoms with Crippen LogP contribution < -0.4 is 11.0 Å². The van der Waals surface area contributed by atoms with Gasteiger partial charge in [-0.15, -0.1) is 10.2 Å². The third-order valence-corrected chi connectivity index (χ3v) is 6.69. The quantitative estimate of drug-likeness (QED) is 0.285. The van der Waals surface area contributed by atoms with Gasteiger partial charge in [0.1, 0.15) is 19.0 Å². The molecule has 0 saturated heterocycles. The molecule has 1 amide bonds. The van der Waals surface area contributed by atoms with Crippen LogP contribution in [0.2, 0.25) is 5.02 Å². The third-order valence-electron chi connectivity index (χ3n) is 6.43. The van der Waals surface area contributed by atoms with Crippen LogP contribution in [0.5, 0.6) is 0 Å². The van der Waals surface area contributed by atoms with E-state index in [4.69, 9.17) is 11.6 Å². The number of benzene rings is 2. The first-order valence-corrected chi connectivity index (χ1v) is 12.8. The summed E-state index contributed by atoms with van der Waals surface area (Å²) >= 11 is 5.87. The van der Waals surface area contributed by atoms with Gasteiger partial charge in [-0.1, -0.05) is 17.7 Å². The SMILES string of the molecule is O=C(NC1CC1F)c1cccc(C(F)(F)F)c1-n1cnc(Cn2nc(-c3ccc(Cl)cc3)n(C[C@H](O)C(F)(F)F)c2=O)n1. The summed E-state index contributed by atoms with van der Waals surface area (Å²) in [5.41, 5.74) is -3.37. The Kier molecular flexibility index (Phi) is 7.81. The van der Waals surface area contributed by atoms with E-state index in [1.54, 1.807) is 0 Å². The summed E-state index contributed by atoms with van der Waals surface area (Å²) in [6.07, 6.45) is -13.4. The number of nitrogens with zero attached hydrogens (tertiary/aromatic N) is 6. The van der Waals surface area contributed by atoms with Crippen molar-refractivity contribution < 1.29 is 40.6 Å². The van der Waals surface area contributed by atoms with Gasteiger partial charge in [0.15, 0.2) is 17.8 Å². The largest absolute Gasteiger partial charge is 0.418 e. The Hall–Kier alpha value is -4.25. The van der Waals surface area contributed by atoms with E-state index in [-0.39, 0.29) is 28.7 Å². The lowest BCUT2D eigenvalue weighted by molar-refractivity contribution is -0.207. The van der Waals surface area contributed by atoms with E-state index in [1.165, 1.54) is 24.3 Å². The number of carbonyl (C=O) groups excluding carboxylic acids is 1. The van der Waals surface area contributed by atoms with Crippen LogP contribution >= 0.6 is 11.6 Å². The maximum absolute atomic E-state index is 13.9. The van der Waals surface area contributed by atoms with Gasteiger partial charge >= 0.3 is 18.0 Å². The predicted octanol–water partition coefficient (Wildman–Crippen LogP) is 3.78. The lowest BCUT2D eigenvalue weighted by Crippen LogP contribution is -2.37. The van der Waals surface area contributed by atoms with Crippen LogP contribution in [-0.4, -0.2) is 64.6 Å². The van der Waals surface area contributed by atoms with Crippen LogP contribution in [0.25, 0.3) is 17.1 Å². The van der Waals surface area contributed by atoms with E-state index in [0.717, 1.165) is 18.5 Å². The number of alkyl halides is 7. The number of amides is 1. The maximum Gasteiger partial charge on any atom is 0.418 e. The van der Waals surface area contributed by atoms with Gasteiger partial charge in [0.05, 0.1) is 29.4 Å². The summed E-state index contributed by atoms with van der Waals surface area (Å²) in [5, 5.41) is 20.2. The van der Waals surface area contributed by atoms with Gasteiger partial charge in [-0.2, -0.15) is 26.3 Å². The highest BCUT2D eigenvalue weighted by atomic mass is 35.5. The molecule has 1 fully saturated rings. The first-order valence-electron chi connectivity index (χ1n) is 12.4. The van der Waals surface area contributed by atoms with Crippen LogP contribution in [0.3, 0.4) is 0 Å². The molecule has 2 N–H and O–H groups in total. The van der Waals surface area contributed by atoms with Crippen LogP contribution in [-0.2, 0) is 19.3 Å². The second kappa shape index (κ2) is 11.1. The highest BCUT2D eigenvalue weighted by Crippen LogP contribution is 2.36. The van der Waals surface area contributed by atoms with Crippen molar-refractivity contribution in [2.24, 2.45) is 0 Å². The molecule has 2 unspecified atom stereocenters. The minimum absolute atomic E-state index is 0.0207. The molecule has 3 atom stereocenters. The number of nitrogens with one attached hydrogen (secondary N) is 1. The highest BCUT2D eigenvalue weighted by Gasteiger charge is 2.41. The minimum atomic E-state index is -5.06. The molecule has 1 aliphatic carbocycles. The first kappa shape index (κ1) is 30.2. The lowest BCUT2D eigenvalue weighted by Gasteiger charge is -2.16. The Morgan fingerprint density at radius 1 is 1.09 bits per heavy atom. The van der Waals surface area contributed by atoms with Gasteiger partial charge in [0.2, 0.25) is 0 Å². The van der Waals surface area contributed by atoms with Crippen LogP contribution in [0.1, 0.15) is 28.2 Å². The number of halogens is 8. The predicted molar refractivity (Wildman–Crippen MR) is 135 cm³/mol. The Bertz CT molecular complexity index is 1710. The van der Waals surface area contributed by atoms with E-state index in [9.17, 15) is 45.4 Å². The lowest BCUT2D eigenvalue weighted by atomic mass is 10.1. The summed E-state index contributed by atoms with van der Waals surface area (Å²) in [4.78, 5) is 29.7. The fourth-order valence-electron chi connectivity index (χ4n) is 4.17. The maximum atomic E-state index is 13.9. The summed E-state index contributed by atoms with van der Waals surface area (Å²) < 4.78 is 96.3. The average Bonchev–Trinajstić information content (AvgIpc) is 3.29. The molecule has 0 aliphatic heterocycles. The minimum Gasteiger partial charge on any atom is -0.382 e. The molecule has 4 aromatic rings. The number of aliphatic hydroxyl groups excluding tert-OH is 1. The second-order valence-corrected chi connectivity index (χ2v) is 10.0. The fraction of sp³-hybridized carbons (Fsp3) is 0.320. The second-order valence-electron chi connectivity index (χ2n) is 9.58. The van der Waals surface area contributed by atoms with E-state index in [2.05, 4.69) is 20.5 Å².